The molecule has 3 aliphatic rings. The van der Waals surface area contributed by atoms with E-state index in [1.165, 1.54) is 12.8 Å². The van der Waals surface area contributed by atoms with Gasteiger partial charge in [-0.05, 0) is 38.2 Å². The second kappa shape index (κ2) is 5.79. The first-order chi connectivity index (χ1) is 12.6. The molecule has 0 bridgehead atoms. The zero-order chi connectivity index (χ0) is 17.8. The molecule has 1 amide bonds. The molecule has 2 aromatic heterocycles. The lowest BCUT2D eigenvalue weighted by Crippen LogP contribution is -2.34. The van der Waals surface area contributed by atoms with Crippen LogP contribution in [0.2, 0.25) is 0 Å². The Balaban J connectivity index is 1.36. The predicted octanol–water partition coefficient (Wildman–Crippen LogP) is 2.01. The van der Waals surface area contributed by atoms with Crippen LogP contribution in [0.1, 0.15) is 75.4 Å². The molecule has 0 spiro atoms. The van der Waals surface area contributed by atoms with Crippen LogP contribution in [0.3, 0.4) is 0 Å². The highest BCUT2D eigenvalue weighted by Gasteiger charge is 2.32. The van der Waals surface area contributed by atoms with Gasteiger partial charge >= 0.3 is 0 Å². The molecule has 26 heavy (non-hydrogen) atoms. The zero-order valence-corrected chi connectivity index (χ0v) is 15.0. The number of fused-ring (bicyclic) bond motifs is 2. The van der Waals surface area contributed by atoms with Crippen molar-refractivity contribution in [3.05, 3.63) is 34.2 Å². The summed E-state index contributed by atoms with van der Waals surface area (Å²) in [5.41, 5.74) is 3.07. The predicted molar refractivity (Wildman–Crippen MR) is 94.4 cm³/mol. The number of aromatic amines is 1. The van der Waals surface area contributed by atoms with Gasteiger partial charge in [-0.15, -0.1) is 0 Å². The number of rotatable bonds is 2. The van der Waals surface area contributed by atoms with E-state index in [2.05, 4.69) is 15.1 Å². The number of hydrogen-bond acceptors (Lipinski definition) is 4. The summed E-state index contributed by atoms with van der Waals surface area (Å²) in [6, 6.07) is 0. The summed E-state index contributed by atoms with van der Waals surface area (Å²) >= 11 is 0. The fourth-order valence-electron chi connectivity index (χ4n) is 4.18. The van der Waals surface area contributed by atoms with Gasteiger partial charge in [-0.3, -0.25) is 9.59 Å². The van der Waals surface area contributed by atoms with E-state index in [4.69, 9.17) is 0 Å². The van der Waals surface area contributed by atoms with E-state index in [0.29, 0.717) is 37.7 Å². The highest BCUT2D eigenvalue weighted by molar-refractivity contribution is 6.04. The summed E-state index contributed by atoms with van der Waals surface area (Å²) in [6.07, 6.45) is 5.41. The van der Waals surface area contributed by atoms with Crippen molar-refractivity contribution in [1.29, 1.82) is 0 Å². The van der Waals surface area contributed by atoms with Crippen LogP contribution in [-0.2, 0) is 19.4 Å². The number of Topliss-reactive ketones (excluding diaryl/α,β-unsaturated/α-hetero) is 1. The van der Waals surface area contributed by atoms with Gasteiger partial charge in [0.1, 0.15) is 11.5 Å². The molecule has 136 valence electrons. The second-order valence-electron chi connectivity index (χ2n) is 7.68. The van der Waals surface area contributed by atoms with Crippen LogP contribution in [0.5, 0.6) is 0 Å². The summed E-state index contributed by atoms with van der Waals surface area (Å²) in [5, 5.41) is 4.63. The Hall–Kier alpha value is -2.44. The normalized spacial score (nSPS) is 19.9. The Kier molecular flexibility index (Phi) is 3.52. The third-order valence-corrected chi connectivity index (χ3v) is 5.83. The van der Waals surface area contributed by atoms with Crippen LogP contribution >= 0.6 is 0 Å². The molecule has 0 unspecified atom stereocenters. The van der Waals surface area contributed by atoms with Crippen LogP contribution < -0.4 is 0 Å². The zero-order valence-electron chi connectivity index (χ0n) is 15.0. The summed E-state index contributed by atoms with van der Waals surface area (Å²) in [6.45, 7) is 3.83. The number of carbonyl (C=O) groups excluding carboxylic acids is 2. The number of H-pyrrole nitrogens is 1. The number of ketones is 1. The molecule has 1 saturated carbocycles. The molecule has 7 nitrogen and oxygen atoms in total. The van der Waals surface area contributed by atoms with Crippen molar-refractivity contribution >= 4 is 11.7 Å². The molecule has 0 saturated heterocycles. The van der Waals surface area contributed by atoms with Crippen LogP contribution in [0.15, 0.2) is 0 Å². The van der Waals surface area contributed by atoms with Crippen molar-refractivity contribution in [2.24, 2.45) is 0 Å². The molecular weight excluding hydrogens is 330 g/mol. The van der Waals surface area contributed by atoms with Gasteiger partial charge in [0.15, 0.2) is 11.6 Å². The quantitative estimate of drug-likeness (QED) is 0.895. The highest BCUT2D eigenvalue weighted by Crippen LogP contribution is 2.38. The topological polar surface area (TPSA) is 83.9 Å². The number of nitrogens with one attached hydrogen (secondary N) is 1. The van der Waals surface area contributed by atoms with E-state index in [1.807, 2.05) is 16.5 Å². The monoisotopic (exact) mass is 353 g/mol. The Morgan fingerprint density at radius 1 is 1.15 bits per heavy atom. The third-order valence-electron chi connectivity index (χ3n) is 5.83. The molecule has 5 rings (SSSR count). The van der Waals surface area contributed by atoms with Crippen LogP contribution in [-0.4, -0.2) is 49.4 Å². The summed E-state index contributed by atoms with van der Waals surface area (Å²) in [4.78, 5) is 35.1. The minimum Gasteiger partial charge on any atom is -0.354 e. The molecule has 1 N–H and O–H groups in total. The molecule has 1 aliphatic heterocycles. The van der Waals surface area contributed by atoms with Gasteiger partial charge in [0.25, 0.3) is 5.91 Å². The smallest absolute Gasteiger partial charge is 0.270 e. The fraction of sp³-hybridized carbons (Fsp3) is 0.579. The molecule has 1 fully saturated rings. The van der Waals surface area contributed by atoms with Crippen molar-refractivity contribution in [3.63, 3.8) is 0 Å². The highest BCUT2D eigenvalue weighted by atomic mass is 16.2. The Bertz CT molecular complexity index is 880. The number of amides is 1. The third kappa shape index (κ3) is 2.48. The second-order valence-corrected chi connectivity index (χ2v) is 7.68. The van der Waals surface area contributed by atoms with Gasteiger partial charge in [0.2, 0.25) is 0 Å². The summed E-state index contributed by atoms with van der Waals surface area (Å²) < 4.78 is 1.97. The van der Waals surface area contributed by atoms with Crippen molar-refractivity contribution in [2.75, 3.05) is 13.1 Å². The average Bonchev–Trinajstić information content (AvgIpc) is 3.36. The standard InChI is InChI=1S/C19H23N5O2/c1-11-16-13(3-2-4-14(16)25)20-17(11)19(26)23-8-7-15-21-18(12-5-6-12)22-24(15)10-9-23/h12,20H,2-10H2,1H3. The number of aryl methyl sites for hydroxylation is 1. The van der Waals surface area contributed by atoms with Gasteiger partial charge in [0, 0.05) is 43.1 Å². The molecule has 0 aromatic carbocycles. The van der Waals surface area contributed by atoms with E-state index in [0.717, 1.165) is 47.7 Å². The van der Waals surface area contributed by atoms with Crippen molar-refractivity contribution in [3.8, 4) is 0 Å². The van der Waals surface area contributed by atoms with E-state index in [-0.39, 0.29) is 11.7 Å². The SMILES string of the molecule is Cc1c(C(=O)N2CCc3nc(C4CC4)nn3CC2)[nH]c2c1C(=O)CCC2. The van der Waals surface area contributed by atoms with E-state index in [9.17, 15) is 9.59 Å². The first kappa shape index (κ1) is 15.8. The van der Waals surface area contributed by atoms with E-state index >= 15 is 0 Å². The number of aromatic nitrogens is 4. The molecule has 2 aliphatic carbocycles. The number of hydrogen-bond donors (Lipinski definition) is 1. The van der Waals surface area contributed by atoms with Gasteiger partial charge in [0.05, 0.1) is 6.54 Å². The lowest BCUT2D eigenvalue weighted by Gasteiger charge is -2.19. The molecule has 7 heteroatoms. The first-order valence-electron chi connectivity index (χ1n) is 9.59. The lowest BCUT2D eigenvalue weighted by atomic mass is 9.94. The molecule has 0 atom stereocenters. The number of nitrogens with zero attached hydrogens (tertiary/aromatic N) is 4. The molecular formula is C19H23N5O2. The van der Waals surface area contributed by atoms with Crippen LogP contribution in [0.4, 0.5) is 0 Å². The maximum absolute atomic E-state index is 13.1. The van der Waals surface area contributed by atoms with E-state index < -0.39 is 0 Å². The fourth-order valence-corrected chi connectivity index (χ4v) is 4.18. The Morgan fingerprint density at radius 3 is 2.77 bits per heavy atom. The average molecular weight is 353 g/mol. The minimum absolute atomic E-state index is 0.0159. The Morgan fingerprint density at radius 2 is 2.00 bits per heavy atom. The Labute approximate surface area is 151 Å². The minimum atomic E-state index is -0.0159. The van der Waals surface area contributed by atoms with Crippen molar-refractivity contribution in [2.45, 2.75) is 57.9 Å². The van der Waals surface area contributed by atoms with Crippen molar-refractivity contribution < 1.29 is 9.59 Å². The van der Waals surface area contributed by atoms with E-state index in [1.54, 1.807) is 0 Å². The van der Waals surface area contributed by atoms with Gasteiger partial charge in [-0.1, -0.05) is 0 Å². The molecule has 3 heterocycles. The molecule has 2 aromatic rings. The van der Waals surface area contributed by atoms with Crippen molar-refractivity contribution in [1.82, 2.24) is 24.6 Å². The first-order valence-corrected chi connectivity index (χ1v) is 9.59. The largest absolute Gasteiger partial charge is 0.354 e. The van der Waals surface area contributed by atoms with Crippen LogP contribution in [0, 0.1) is 6.92 Å². The van der Waals surface area contributed by atoms with Gasteiger partial charge in [-0.25, -0.2) is 9.67 Å². The molecule has 0 radical (unpaired) electrons. The maximum atomic E-state index is 13.1. The summed E-state index contributed by atoms with van der Waals surface area (Å²) in [7, 11) is 0. The lowest BCUT2D eigenvalue weighted by molar-refractivity contribution is 0.0752. The summed E-state index contributed by atoms with van der Waals surface area (Å²) in [5.74, 6) is 2.66. The maximum Gasteiger partial charge on any atom is 0.270 e. The van der Waals surface area contributed by atoms with Gasteiger partial charge < -0.3 is 9.88 Å². The van der Waals surface area contributed by atoms with Crippen LogP contribution in [0.25, 0.3) is 0 Å². The number of carbonyl (C=O) groups is 2. The van der Waals surface area contributed by atoms with Gasteiger partial charge in [-0.2, -0.15) is 5.10 Å².